The first-order valence-corrected chi connectivity index (χ1v) is 12.3. The molecular weight excluding hydrogens is 328 g/mol. The van der Waals surface area contributed by atoms with Gasteiger partial charge in [-0.1, -0.05) is 41.0 Å². The molecule has 0 aromatic rings. The van der Waals surface area contributed by atoms with Gasteiger partial charge in [-0.3, -0.25) is 0 Å². The molecule has 5 aliphatic rings. The maximum Gasteiger partial charge on any atom is 0.0568 e. The highest BCUT2D eigenvalue weighted by molar-refractivity contribution is 5.17. The molecule has 5 rings (SSSR count). The SMILES string of the molecule is CC1C(O)CCC2(C)C1CCC1(C)C2CCC2C3CCCC3(C)CC[C@]21C. The van der Waals surface area contributed by atoms with Crippen LogP contribution in [0.25, 0.3) is 0 Å². The Hall–Kier alpha value is -0.0400. The van der Waals surface area contributed by atoms with E-state index in [-0.39, 0.29) is 6.10 Å². The van der Waals surface area contributed by atoms with E-state index in [0.29, 0.717) is 27.6 Å². The van der Waals surface area contributed by atoms with Crippen LogP contribution in [0, 0.1) is 51.2 Å². The standard InChI is InChI=1S/C26H44O/c1-17-18-10-14-26(5)22(24(18,3)13-11-21(17)27)9-8-20-19-7-6-12-23(19,2)15-16-25(20,26)4/h17-22,27H,6-16H2,1-5H3/t17?,18?,19?,20?,21?,22?,23?,24?,25-,26?/m1/s1. The number of rotatable bonds is 0. The molecule has 5 fully saturated rings. The molecule has 154 valence electrons. The van der Waals surface area contributed by atoms with Gasteiger partial charge in [0.15, 0.2) is 0 Å². The maximum absolute atomic E-state index is 10.6. The first kappa shape index (κ1) is 19.0. The number of hydrogen-bond acceptors (Lipinski definition) is 1. The molecule has 10 atom stereocenters. The van der Waals surface area contributed by atoms with Crippen LogP contribution in [0.5, 0.6) is 0 Å². The molecule has 5 aliphatic carbocycles. The van der Waals surface area contributed by atoms with Gasteiger partial charge in [0.2, 0.25) is 0 Å². The topological polar surface area (TPSA) is 20.2 Å². The third kappa shape index (κ3) is 2.22. The van der Waals surface area contributed by atoms with E-state index in [1.54, 1.807) is 0 Å². The Kier molecular flexibility index (Phi) is 4.05. The summed E-state index contributed by atoms with van der Waals surface area (Å²) >= 11 is 0. The number of aliphatic hydroxyl groups is 1. The highest BCUT2D eigenvalue weighted by Gasteiger charge is 2.68. The fourth-order valence-corrected chi connectivity index (χ4v) is 10.5. The van der Waals surface area contributed by atoms with E-state index in [9.17, 15) is 5.11 Å². The van der Waals surface area contributed by atoms with Gasteiger partial charge < -0.3 is 5.11 Å². The van der Waals surface area contributed by atoms with Crippen molar-refractivity contribution in [3.8, 4) is 0 Å². The van der Waals surface area contributed by atoms with Crippen LogP contribution in [0.15, 0.2) is 0 Å². The highest BCUT2D eigenvalue weighted by Crippen LogP contribution is 2.75. The molecule has 0 amide bonds. The molecule has 1 N–H and O–H groups in total. The van der Waals surface area contributed by atoms with Crippen LogP contribution in [0.4, 0.5) is 0 Å². The van der Waals surface area contributed by atoms with Gasteiger partial charge in [0.1, 0.15) is 0 Å². The van der Waals surface area contributed by atoms with Gasteiger partial charge in [-0.05, 0) is 115 Å². The lowest BCUT2D eigenvalue weighted by Gasteiger charge is -2.71. The fourth-order valence-electron chi connectivity index (χ4n) is 10.5. The van der Waals surface area contributed by atoms with E-state index in [2.05, 4.69) is 34.6 Å². The number of hydrogen-bond donors (Lipinski definition) is 1. The Balaban J connectivity index is 1.52. The Labute approximate surface area is 168 Å². The minimum absolute atomic E-state index is 0.0479. The van der Waals surface area contributed by atoms with Crippen molar-refractivity contribution >= 4 is 0 Å². The summed E-state index contributed by atoms with van der Waals surface area (Å²) in [6.45, 7) is 13.1. The van der Waals surface area contributed by atoms with Crippen LogP contribution < -0.4 is 0 Å². The monoisotopic (exact) mass is 372 g/mol. The molecule has 1 nitrogen and oxygen atoms in total. The summed E-state index contributed by atoms with van der Waals surface area (Å²) in [6.07, 6.45) is 15.5. The second-order valence-electron chi connectivity index (χ2n) is 12.8. The third-order valence-corrected chi connectivity index (χ3v) is 12.4. The lowest BCUT2D eigenvalue weighted by Crippen LogP contribution is -2.64. The lowest BCUT2D eigenvalue weighted by molar-refractivity contribution is -0.231. The molecule has 27 heavy (non-hydrogen) atoms. The summed E-state index contributed by atoms with van der Waals surface area (Å²) in [5.74, 6) is 4.12. The third-order valence-electron chi connectivity index (χ3n) is 12.4. The van der Waals surface area contributed by atoms with Crippen LogP contribution in [0.2, 0.25) is 0 Å². The van der Waals surface area contributed by atoms with Gasteiger partial charge in [-0.2, -0.15) is 0 Å². The van der Waals surface area contributed by atoms with Crippen molar-refractivity contribution in [3.05, 3.63) is 0 Å². The second kappa shape index (κ2) is 5.77. The van der Waals surface area contributed by atoms with Crippen molar-refractivity contribution in [1.29, 1.82) is 0 Å². The second-order valence-corrected chi connectivity index (χ2v) is 12.8. The lowest BCUT2D eigenvalue weighted by atomic mass is 9.33. The zero-order chi connectivity index (χ0) is 19.2. The summed E-state index contributed by atoms with van der Waals surface area (Å²) in [4.78, 5) is 0. The minimum atomic E-state index is -0.0479. The van der Waals surface area contributed by atoms with E-state index in [4.69, 9.17) is 0 Å². The average molecular weight is 373 g/mol. The zero-order valence-corrected chi connectivity index (χ0v) is 18.7. The summed E-state index contributed by atoms with van der Waals surface area (Å²) in [5.41, 5.74) is 2.21. The fraction of sp³-hybridized carbons (Fsp3) is 1.00. The first-order valence-electron chi connectivity index (χ1n) is 12.3. The molecule has 0 aromatic heterocycles. The largest absolute Gasteiger partial charge is 0.393 e. The molecule has 0 bridgehead atoms. The summed E-state index contributed by atoms with van der Waals surface area (Å²) in [6, 6.07) is 0. The number of fused-ring (bicyclic) bond motifs is 7. The molecular formula is C26H44O. The van der Waals surface area contributed by atoms with Crippen molar-refractivity contribution in [1.82, 2.24) is 0 Å². The average Bonchev–Trinajstić information content (AvgIpc) is 3.01. The highest BCUT2D eigenvalue weighted by atomic mass is 16.3. The molecule has 0 aromatic carbocycles. The van der Waals surface area contributed by atoms with Crippen LogP contribution in [0.3, 0.4) is 0 Å². The maximum atomic E-state index is 10.6. The summed E-state index contributed by atoms with van der Waals surface area (Å²) < 4.78 is 0. The van der Waals surface area contributed by atoms with Gasteiger partial charge in [0.05, 0.1) is 6.10 Å². The smallest absolute Gasteiger partial charge is 0.0568 e. The van der Waals surface area contributed by atoms with Gasteiger partial charge in [-0.15, -0.1) is 0 Å². The molecule has 5 saturated carbocycles. The normalized spacial score (nSPS) is 62.9. The van der Waals surface area contributed by atoms with Crippen LogP contribution in [-0.4, -0.2) is 11.2 Å². The summed E-state index contributed by atoms with van der Waals surface area (Å²) in [5, 5.41) is 10.6. The Morgan fingerprint density at radius 1 is 0.667 bits per heavy atom. The minimum Gasteiger partial charge on any atom is -0.393 e. The first-order chi connectivity index (χ1) is 12.7. The van der Waals surface area contributed by atoms with Crippen LogP contribution in [-0.2, 0) is 0 Å². The Bertz CT molecular complexity index is 613. The van der Waals surface area contributed by atoms with Gasteiger partial charge >= 0.3 is 0 Å². The van der Waals surface area contributed by atoms with Gasteiger partial charge in [-0.25, -0.2) is 0 Å². The van der Waals surface area contributed by atoms with Crippen LogP contribution >= 0.6 is 0 Å². The van der Waals surface area contributed by atoms with Crippen molar-refractivity contribution < 1.29 is 5.11 Å². The van der Waals surface area contributed by atoms with Gasteiger partial charge in [0.25, 0.3) is 0 Å². The zero-order valence-electron chi connectivity index (χ0n) is 18.7. The Morgan fingerprint density at radius 2 is 1.44 bits per heavy atom. The van der Waals surface area contributed by atoms with Crippen molar-refractivity contribution in [3.63, 3.8) is 0 Å². The van der Waals surface area contributed by atoms with Gasteiger partial charge in [0, 0.05) is 0 Å². The van der Waals surface area contributed by atoms with Crippen molar-refractivity contribution in [2.24, 2.45) is 51.2 Å². The van der Waals surface area contributed by atoms with E-state index < -0.39 is 0 Å². The van der Waals surface area contributed by atoms with Crippen molar-refractivity contribution in [2.75, 3.05) is 0 Å². The number of aliphatic hydroxyl groups excluding tert-OH is 1. The predicted octanol–water partition coefficient (Wildman–Crippen LogP) is 6.83. The molecule has 0 aliphatic heterocycles. The van der Waals surface area contributed by atoms with E-state index >= 15 is 0 Å². The summed E-state index contributed by atoms with van der Waals surface area (Å²) in [7, 11) is 0. The predicted molar refractivity (Wildman–Crippen MR) is 112 cm³/mol. The molecule has 0 spiro atoms. The molecule has 0 heterocycles. The molecule has 0 saturated heterocycles. The van der Waals surface area contributed by atoms with E-state index in [0.717, 1.165) is 30.1 Å². The van der Waals surface area contributed by atoms with Crippen LogP contribution in [0.1, 0.15) is 105 Å². The quantitative estimate of drug-likeness (QED) is 0.494. The molecule has 1 heteroatoms. The Morgan fingerprint density at radius 3 is 2.22 bits per heavy atom. The van der Waals surface area contributed by atoms with Crippen molar-refractivity contribution in [2.45, 2.75) is 111 Å². The van der Waals surface area contributed by atoms with E-state index in [1.165, 1.54) is 64.2 Å². The molecule has 0 radical (unpaired) electrons. The van der Waals surface area contributed by atoms with E-state index in [1.807, 2.05) is 0 Å². The molecule has 9 unspecified atom stereocenters.